The molecule has 0 radical (unpaired) electrons. The van der Waals surface area contributed by atoms with Gasteiger partial charge in [-0.15, -0.1) is 0 Å². The summed E-state index contributed by atoms with van der Waals surface area (Å²) in [6, 6.07) is 0. The second-order valence-electron chi connectivity index (χ2n) is 3.44. The minimum Gasteiger partial charge on any atom is -0.469 e. The molecular weight excluding hydrogens is 258 g/mol. The molecule has 0 aliphatic rings. The van der Waals surface area contributed by atoms with Gasteiger partial charge in [0.05, 0.1) is 25.9 Å². The van der Waals surface area contributed by atoms with Gasteiger partial charge in [0.1, 0.15) is 10.8 Å². The Morgan fingerprint density at radius 3 is 2.72 bits per heavy atom. The van der Waals surface area contributed by atoms with Crippen molar-refractivity contribution < 1.29 is 14.3 Å². The predicted molar refractivity (Wildman–Crippen MR) is 65.3 cm³/mol. The van der Waals surface area contributed by atoms with Crippen LogP contribution in [0.3, 0.4) is 0 Å². The summed E-state index contributed by atoms with van der Waals surface area (Å²) in [5.74, 6) is -0.671. The molecule has 1 aromatic rings. The second kappa shape index (κ2) is 6.90. The number of carbonyl (C=O) groups is 2. The van der Waals surface area contributed by atoms with Gasteiger partial charge < -0.3 is 9.64 Å². The summed E-state index contributed by atoms with van der Waals surface area (Å²) < 4.78 is 4.52. The first-order chi connectivity index (χ1) is 8.58. The molecule has 0 bridgehead atoms. The molecule has 0 saturated heterocycles. The lowest BCUT2D eigenvalue weighted by Crippen LogP contribution is -2.33. The SMILES string of the molecule is CCN(CCC(=O)OC)C(=O)c1cncc(Cl)n1. The monoisotopic (exact) mass is 271 g/mol. The number of rotatable bonds is 5. The number of esters is 1. The van der Waals surface area contributed by atoms with E-state index in [-0.39, 0.29) is 35.7 Å². The molecule has 0 spiro atoms. The third-order valence-corrected chi connectivity index (χ3v) is 2.49. The van der Waals surface area contributed by atoms with E-state index >= 15 is 0 Å². The third-order valence-electron chi connectivity index (χ3n) is 2.31. The van der Waals surface area contributed by atoms with Crippen LogP contribution in [0, 0.1) is 0 Å². The molecule has 0 fully saturated rings. The van der Waals surface area contributed by atoms with E-state index in [1.54, 1.807) is 0 Å². The maximum Gasteiger partial charge on any atom is 0.307 e. The van der Waals surface area contributed by atoms with E-state index in [4.69, 9.17) is 11.6 Å². The van der Waals surface area contributed by atoms with Crippen molar-refractivity contribution in [2.24, 2.45) is 0 Å². The molecule has 6 nitrogen and oxygen atoms in total. The number of methoxy groups -OCH3 is 1. The van der Waals surface area contributed by atoms with Crippen LogP contribution in [0.5, 0.6) is 0 Å². The number of ether oxygens (including phenoxy) is 1. The molecule has 18 heavy (non-hydrogen) atoms. The first kappa shape index (κ1) is 14.4. The Labute approximate surface area is 110 Å². The second-order valence-corrected chi connectivity index (χ2v) is 3.83. The van der Waals surface area contributed by atoms with Crippen molar-refractivity contribution in [3.63, 3.8) is 0 Å². The van der Waals surface area contributed by atoms with Crippen molar-refractivity contribution in [1.82, 2.24) is 14.9 Å². The topological polar surface area (TPSA) is 72.4 Å². The molecule has 0 aliphatic carbocycles. The van der Waals surface area contributed by atoms with Crippen LogP contribution < -0.4 is 0 Å². The zero-order valence-corrected chi connectivity index (χ0v) is 11.0. The van der Waals surface area contributed by atoms with Gasteiger partial charge in [-0.3, -0.25) is 14.6 Å². The zero-order valence-electron chi connectivity index (χ0n) is 10.2. The summed E-state index contributed by atoms with van der Waals surface area (Å²) in [5.41, 5.74) is 0.161. The van der Waals surface area contributed by atoms with Crippen LogP contribution >= 0.6 is 11.6 Å². The minimum absolute atomic E-state index is 0.143. The van der Waals surface area contributed by atoms with E-state index < -0.39 is 0 Å². The van der Waals surface area contributed by atoms with Crippen molar-refractivity contribution in [3.05, 3.63) is 23.2 Å². The quantitative estimate of drug-likeness (QED) is 0.752. The van der Waals surface area contributed by atoms with Gasteiger partial charge in [0.25, 0.3) is 5.91 Å². The summed E-state index contributed by atoms with van der Waals surface area (Å²) in [6.07, 6.45) is 2.84. The molecule has 0 aliphatic heterocycles. The Morgan fingerprint density at radius 2 is 2.17 bits per heavy atom. The summed E-state index contributed by atoms with van der Waals surface area (Å²) >= 11 is 5.67. The highest BCUT2D eigenvalue weighted by Crippen LogP contribution is 2.06. The average molecular weight is 272 g/mol. The number of carbonyl (C=O) groups excluding carboxylic acids is 2. The zero-order chi connectivity index (χ0) is 13.5. The van der Waals surface area contributed by atoms with Gasteiger partial charge in [0.2, 0.25) is 0 Å². The van der Waals surface area contributed by atoms with E-state index in [0.717, 1.165) is 0 Å². The number of aromatic nitrogens is 2. The molecule has 1 heterocycles. The van der Waals surface area contributed by atoms with Crippen LogP contribution in [0.2, 0.25) is 5.15 Å². The van der Waals surface area contributed by atoms with Crippen LogP contribution in [-0.4, -0.2) is 46.9 Å². The standard InChI is InChI=1S/C11H14ClN3O3/c1-3-15(5-4-10(16)18-2)11(17)8-6-13-7-9(12)14-8/h6-7H,3-5H2,1-2H3. The van der Waals surface area contributed by atoms with Crippen molar-refractivity contribution in [2.45, 2.75) is 13.3 Å². The Morgan fingerprint density at radius 1 is 1.44 bits per heavy atom. The largest absolute Gasteiger partial charge is 0.469 e. The van der Waals surface area contributed by atoms with E-state index in [1.165, 1.54) is 24.4 Å². The van der Waals surface area contributed by atoms with Gasteiger partial charge >= 0.3 is 5.97 Å². The fourth-order valence-electron chi connectivity index (χ4n) is 1.34. The average Bonchev–Trinajstić information content (AvgIpc) is 2.38. The molecule has 1 amide bonds. The lowest BCUT2D eigenvalue weighted by atomic mass is 10.3. The summed E-state index contributed by atoms with van der Waals surface area (Å²) in [5, 5.41) is 0.157. The third kappa shape index (κ3) is 3.96. The van der Waals surface area contributed by atoms with Crippen LogP contribution in [0.15, 0.2) is 12.4 Å². The highest BCUT2D eigenvalue weighted by atomic mass is 35.5. The number of halogens is 1. The lowest BCUT2D eigenvalue weighted by Gasteiger charge is -2.19. The van der Waals surface area contributed by atoms with Crippen LogP contribution in [0.1, 0.15) is 23.8 Å². The normalized spacial score (nSPS) is 9.94. The van der Waals surface area contributed by atoms with Crippen LogP contribution in [0.25, 0.3) is 0 Å². The van der Waals surface area contributed by atoms with Crippen molar-refractivity contribution in [1.29, 1.82) is 0 Å². The Bertz CT molecular complexity index is 439. The van der Waals surface area contributed by atoms with E-state index in [2.05, 4.69) is 14.7 Å². The fourth-order valence-corrected chi connectivity index (χ4v) is 1.49. The minimum atomic E-state index is -0.363. The maximum absolute atomic E-state index is 12.0. The van der Waals surface area contributed by atoms with Crippen molar-refractivity contribution >= 4 is 23.5 Å². The number of amides is 1. The van der Waals surface area contributed by atoms with Gasteiger partial charge in [0, 0.05) is 13.1 Å². The van der Waals surface area contributed by atoms with Crippen molar-refractivity contribution in [2.75, 3.05) is 20.2 Å². The summed E-state index contributed by atoms with van der Waals surface area (Å²) in [6.45, 7) is 2.55. The molecule has 1 aromatic heterocycles. The van der Waals surface area contributed by atoms with E-state index in [1.807, 2.05) is 6.92 Å². The number of hydrogen-bond acceptors (Lipinski definition) is 5. The molecule has 0 N–H and O–H groups in total. The van der Waals surface area contributed by atoms with Gasteiger partial charge in [0.15, 0.2) is 0 Å². The predicted octanol–water partition coefficient (Wildman–Crippen LogP) is 1.16. The molecule has 0 aromatic carbocycles. The highest BCUT2D eigenvalue weighted by Gasteiger charge is 2.17. The fraction of sp³-hybridized carbons (Fsp3) is 0.455. The Kier molecular flexibility index (Phi) is 5.51. The molecule has 98 valence electrons. The lowest BCUT2D eigenvalue weighted by molar-refractivity contribution is -0.140. The van der Waals surface area contributed by atoms with Gasteiger partial charge in [-0.2, -0.15) is 0 Å². The first-order valence-corrected chi connectivity index (χ1v) is 5.80. The summed E-state index contributed by atoms with van der Waals surface area (Å²) in [7, 11) is 1.31. The molecule has 1 rings (SSSR count). The number of hydrogen-bond donors (Lipinski definition) is 0. The smallest absolute Gasteiger partial charge is 0.307 e. The molecule has 0 atom stereocenters. The van der Waals surface area contributed by atoms with E-state index in [9.17, 15) is 9.59 Å². The Hall–Kier alpha value is -1.69. The molecular formula is C11H14ClN3O3. The van der Waals surface area contributed by atoms with Crippen LogP contribution in [0.4, 0.5) is 0 Å². The van der Waals surface area contributed by atoms with Gasteiger partial charge in [-0.05, 0) is 6.92 Å². The van der Waals surface area contributed by atoms with Crippen molar-refractivity contribution in [3.8, 4) is 0 Å². The maximum atomic E-state index is 12.0. The van der Waals surface area contributed by atoms with Crippen LogP contribution in [-0.2, 0) is 9.53 Å². The van der Waals surface area contributed by atoms with E-state index in [0.29, 0.717) is 6.54 Å². The number of nitrogens with zero attached hydrogens (tertiary/aromatic N) is 3. The highest BCUT2D eigenvalue weighted by molar-refractivity contribution is 6.29. The first-order valence-electron chi connectivity index (χ1n) is 5.42. The van der Waals surface area contributed by atoms with Gasteiger partial charge in [-0.1, -0.05) is 11.6 Å². The van der Waals surface area contributed by atoms with Gasteiger partial charge in [-0.25, -0.2) is 4.98 Å². The summed E-state index contributed by atoms with van der Waals surface area (Å²) in [4.78, 5) is 32.2. The molecule has 7 heteroatoms. The Balaban J connectivity index is 2.70. The molecule has 0 saturated carbocycles. The molecule has 0 unspecified atom stereocenters.